The minimum atomic E-state index is -0.316. The van der Waals surface area contributed by atoms with Gasteiger partial charge in [0.15, 0.2) is 0 Å². The Morgan fingerprint density at radius 2 is 2.14 bits per heavy atom. The van der Waals surface area contributed by atoms with Gasteiger partial charge in [0.25, 0.3) is 5.56 Å². The van der Waals surface area contributed by atoms with Crippen LogP contribution in [0.4, 0.5) is 16.4 Å². The summed E-state index contributed by atoms with van der Waals surface area (Å²) in [6.07, 6.45) is 1.59. The van der Waals surface area contributed by atoms with Crippen molar-refractivity contribution in [2.45, 2.75) is 13.8 Å². The summed E-state index contributed by atoms with van der Waals surface area (Å²) < 4.78 is 1.68. The maximum atomic E-state index is 11.7. The molecule has 0 fully saturated rings. The number of nitrogens with one attached hydrogen (secondary N) is 4. The van der Waals surface area contributed by atoms with Crippen LogP contribution in [0.15, 0.2) is 17.1 Å². The zero-order chi connectivity index (χ0) is 16.1. The Hall–Kier alpha value is -2.84. The quantitative estimate of drug-likeness (QED) is 0.595. The molecule has 0 unspecified atom stereocenters. The SMILES string of the molecule is Cc1cc(=O)[nH]c(NCCNC(=O)Nc2cnn(C)c2C)n1. The number of urea groups is 1. The highest BCUT2D eigenvalue weighted by molar-refractivity contribution is 5.89. The maximum Gasteiger partial charge on any atom is 0.319 e. The number of amides is 2. The summed E-state index contributed by atoms with van der Waals surface area (Å²) in [4.78, 5) is 29.7. The van der Waals surface area contributed by atoms with Gasteiger partial charge in [0.1, 0.15) is 0 Å². The van der Waals surface area contributed by atoms with Crippen molar-refractivity contribution >= 4 is 17.7 Å². The van der Waals surface area contributed by atoms with E-state index in [1.54, 1.807) is 24.9 Å². The Morgan fingerprint density at radius 1 is 1.36 bits per heavy atom. The molecule has 2 rings (SSSR count). The zero-order valence-electron chi connectivity index (χ0n) is 12.7. The molecule has 0 aliphatic rings. The minimum Gasteiger partial charge on any atom is -0.354 e. The number of nitrogens with zero attached hydrogens (tertiary/aromatic N) is 3. The van der Waals surface area contributed by atoms with E-state index in [4.69, 9.17) is 0 Å². The number of hydrogen-bond donors (Lipinski definition) is 4. The van der Waals surface area contributed by atoms with Crippen molar-refractivity contribution in [3.8, 4) is 0 Å². The maximum absolute atomic E-state index is 11.7. The molecule has 0 saturated carbocycles. The van der Waals surface area contributed by atoms with Gasteiger partial charge in [-0.15, -0.1) is 0 Å². The second-order valence-corrected chi connectivity index (χ2v) is 4.81. The standard InChI is InChI=1S/C13H19N7O2/c1-8-6-11(21)19-12(17-8)14-4-5-15-13(22)18-10-7-16-20(3)9(10)2/h6-7H,4-5H2,1-3H3,(H2,15,18,22)(H2,14,17,19,21). The normalized spacial score (nSPS) is 10.3. The van der Waals surface area contributed by atoms with Crippen molar-refractivity contribution < 1.29 is 4.79 Å². The molecular formula is C13H19N7O2. The van der Waals surface area contributed by atoms with E-state index in [0.717, 1.165) is 5.69 Å². The molecule has 9 heteroatoms. The van der Waals surface area contributed by atoms with Gasteiger partial charge in [-0.25, -0.2) is 9.78 Å². The number of carbonyl (C=O) groups is 1. The molecule has 0 aliphatic carbocycles. The van der Waals surface area contributed by atoms with Gasteiger partial charge in [-0.2, -0.15) is 5.10 Å². The lowest BCUT2D eigenvalue weighted by atomic mass is 10.4. The molecule has 2 heterocycles. The molecule has 0 saturated heterocycles. The highest BCUT2D eigenvalue weighted by Gasteiger charge is 2.07. The fraction of sp³-hybridized carbons (Fsp3) is 0.385. The molecule has 2 aromatic rings. The summed E-state index contributed by atoms with van der Waals surface area (Å²) in [5.74, 6) is 0.385. The topological polar surface area (TPSA) is 117 Å². The predicted octanol–water partition coefficient (Wildman–Crippen LogP) is 0.354. The van der Waals surface area contributed by atoms with E-state index in [1.165, 1.54) is 6.07 Å². The molecular weight excluding hydrogens is 286 g/mol. The molecule has 9 nitrogen and oxygen atoms in total. The van der Waals surface area contributed by atoms with Crippen molar-refractivity contribution in [3.05, 3.63) is 34.0 Å². The zero-order valence-corrected chi connectivity index (χ0v) is 12.7. The first-order valence-electron chi connectivity index (χ1n) is 6.81. The van der Waals surface area contributed by atoms with Crippen molar-refractivity contribution in [1.82, 2.24) is 25.1 Å². The lowest BCUT2D eigenvalue weighted by molar-refractivity contribution is 0.252. The number of H-pyrrole nitrogens is 1. The van der Waals surface area contributed by atoms with Crippen LogP contribution in [0.3, 0.4) is 0 Å². The van der Waals surface area contributed by atoms with Crippen molar-refractivity contribution in [3.63, 3.8) is 0 Å². The number of hydrogen-bond acceptors (Lipinski definition) is 5. The first-order chi connectivity index (χ1) is 10.5. The van der Waals surface area contributed by atoms with Gasteiger partial charge in [0, 0.05) is 31.9 Å². The largest absolute Gasteiger partial charge is 0.354 e. The lowest BCUT2D eigenvalue weighted by Crippen LogP contribution is -2.33. The Balaban J connectivity index is 1.75. The van der Waals surface area contributed by atoms with Gasteiger partial charge >= 0.3 is 6.03 Å². The average molecular weight is 305 g/mol. The summed E-state index contributed by atoms with van der Waals surface area (Å²) in [5, 5.41) is 12.4. The van der Waals surface area contributed by atoms with E-state index in [1.807, 2.05) is 6.92 Å². The number of aryl methyl sites for hydroxylation is 2. The van der Waals surface area contributed by atoms with Crippen LogP contribution < -0.4 is 21.5 Å². The van der Waals surface area contributed by atoms with E-state index in [9.17, 15) is 9.59 Å². The van der Waals surface area contributed by atoms with E-state index in [2.05, 4.69) is 31.0 Å². The Kier molecular flexibility index (Phi) is 4.77. The summed E-state index contributed by atoms with van der Waals surface area (Å²) in [5.41, 5.74) is 1.95. The molecule has 2 amide bonds. The van der Waals surface area contributed by atoms with Gasteiger partial charge in [-0.3, -0.25) is 14.5 Å². The molecule has 0 radical (unpaired) electrons. The molecule has 0 aliphatic heterocycles. The van der Waals surface area contributed by atoms with Crippen LogP contribution in [-0.2, 0) is 7.05 Å². The fourth-order valence-electron chi connectivity index (χ4n) is 1.81. The monoisotopic (exact) mass is 305 g/mol. The molecule has 0 aromatic carbocycles. The Labute approximate surface area is 127 Å². The highest BCUT2D eigenvalue weighted by Crippen LogP contribution is 2.11. The van der Waals surface area contributed by atoms with Gasteiger partial charge < -0.3 is 16.0 Å². The molecule has 0 bridgehead atoms. The van der Waals surface area contributed by atoms with E-state index >= 15 is 0 Å². The van der Waals surface area contributed by atoms with Crippen LogP contribution in [0.1, 0.15) is 11.4 Å². The third-order valence-corrected chi connectivity index (χ3v) is 3.06. The van der Waals surface area contributed by atoms with E-state index in [-0.39, 0.29) is 11.6 Å². The molecule has 118 valence electrons. The van der Waals surface area contributed by atoms with Crippen molar-refractivity contribution in [1.29, 1.82) is 0 Å². The van der Waals surface area contributed by atoms with Crippen LogP contribution in [-0.4, -0.2) is 38.9 Å². The molecule has 4 N–H and O–H groups in total. The summed E-state index contributed by atoms with van der Waals surface area (Å²) >= 11 is 0. The minimum absolute atomic E-state index is 0.215. The molecule has 0 spiro atoms. The second kappa shape index (κ2) is 6.74. The smallest absolute Gasteiger partial charge is 0.319 e. The lowest BCUT2D eigenvalue weighted by Gasteiger charge is -2.08. The first-order valence-corrected chi connectivity index (χ1v) is 6.81. The number of aromatic nitrogens is 4. The third kappa shape index (κ3) is 4.08. The van der Waals surface area contributed by atoms with Crippen LogP contribution in [0.2, 0.25) is 0 Å². The van der Waals surface area contributed by atoms with Gasteiger partial charge in [0.05, 0.1) is 17.6 Å². The van der Waals surface area contributed by atoms with Crippen molar-refractivity contribution in [2.75, 3.05) is 23.7 Å². The van der Waals surface area contributed by atoms with Crippen molar-refractivity contribution in [2.24, 2.45) is 7.05 Å². The molecule has 22 heavy (non-hydrogen) atoms. The van der Waals surface area contributed by atoms with Crippen LogP contribution in [0.5, 0.6) is 0 Å². The van der Waals surface area contributed by atoms with Gasteiger partial charge in [0.2, 0.25) is 5.95 Å². The first kappa shape index (κ1) is 15.5. The Bertz CT molecular complexity index is 719. The summed E-state index contributed by atoms with van der Waals surface area (Å²) in [7, 11) is 1.80. The summed E-state index contributed by atoms with van der Waals surface area (Å²) in [6.45, 7) is 4.42. The molecule has 2 aromatic heterocycles. The van der Waals surface area contributed by atoms with Gasteiger partial charge in [-0.1, -0.05) is 0 Å². The molecule has 0 atom stereocenters. The Morgan fingerprint density at radius 3 is 2.77 bits per heavy atom. The number of aromatic amines is 1. The number of carbonyl (C=O) groups excluding carboxylic acids is 1. The van der Waals surface area contributed by atoms with Crippen LogP contribution >= 0.6 is 0 Å². The van der Waals surface area contributed by atoms with Gasteiger partial charge in [-0.05, 0) is 13.8 Å². The average Bonchev–Trinajstić information content (AvgIpc) is 2.75. The summed E-state index contributed by atoms with van der Waals surface area (Å²) in [6, 6.07) is 1.09. The fourth-order valence-corrected chi connectivity index (χ4v) is 1.81. The third-order valence-electron chi connectivity index (χ3n) is 3.06. The predicted molar refractivity (Wildman–Crippen MR) is 83.1 cm³/mol. The van der Waals surface area contributed by atoms with Crippen LogP contribution in [0, 0.1) is 13.8 Å². The number of rotatable bonds is 5. The number of anilines is 2. The van der Waals surface area contributed by atoms with Crippen LogP contribution in [0.25, 0.3) is 0 Å². The van der Waals surface area contributed by atoms with E-state index in [0.29, 0.717) is 30.4 Å². The highest BCUT2D eigenvalue weighted by atomic mass is 16.2. The second-order valence-electron chi connectivity index (χ2n) is 4.81. The van der Waals surface area contributed by atoms with E-state index < -0.39 is 0 Å².